The van der Waals surface area contributed by atoms with Gasteiger partial charge in [0.2, 0.25) is 0 Å². The lowest BCUT2D eigenvalue weighted by Crippen LogP contribution is -2.32. The number of nitrogen functional groups attached to an aromatic ring is 1. The van der Waals surface area contributed by atoms with Crippen molar-refractivity contribution in [3.8, 4) is 5.75 Å². The molecule has 0 fully saturated rings. The molecule has 8 heteroatoms. The van der Waals surface area contributed by atoms with E-state index in [1.54, 1.807) is 6.07 Å². The summed E-state index contributed by atoms with van der Waals surface area (Å²) in [5.74, 6) is -3.74. The summed E-state index contributed by atoms with van der Waals surface area (Å²) in [6, 6.07) is 3.12. The smallest absolute Gasteiger partial charge is 0.330 e. The highest BCUT2D eigenvalue weighted by atomic mass is 19.3. The number of nitrogens with two attached hydrogens (primary N) is 1. The Morgan fingerprint density at radius 2 is 2.10 bits per heavy atom. The van der Waals surface area contributed by atoms with Crippen LogP contribution in [0.1, 0.15) is 11.1 Å². The molecule has 0 aliphatic carbocycles. The summed E-state index contributed by atoms with van der Waals surface area (Å²) in [5.41, 5.74) is 7.13. The van der Waals surface area contributed by atoms with Crippen molar-refractivity contribution in [1.29, 1.82) is 0 Å². The summed E-state index contributed by atoms with van der Waals surface area (Å²) in [5, 5.41) is 0. The van der Waals surface area contributed by atoms with Crippen LogP contribution in [0.25, 0.3) is 0 Å². The van der Waals surface area contributed by atoms with Gasteiger partial charge in [0.05, 0.1) is 13.2 Å². The van der Waals surface area contributed by atoms with E-state index < -0.39 is 19.0 Å². The van der Waals surface area contributed by atoms with Gasteiger partial charge in [0.15, 0.2) is 6.79 Å². The zero-order chi connectivity index (χ0) is 14.8. The van der Waals surface area contributed by atoms with Crippen molar-refractivity contribution in [3.63, 3.8) is 0 Å². The van der Waals surface area contributed by atoms with Gasteiger partial charge < -0.3 is 19.9 Å². The molecule has 0 atom stereocenters. The Labute approximate surface area is 112 Å². The molecule has 2 rings (SSSR count). The third kappa shape index (κ3) is 3.31. The molecule has 20 heavy (non-hydrogen) atoms. The molecule has 0 spiro atoms. The van der Waals surface area contributed by atoms with E-state index >= 15 is 0 Å². The second-order valence-electron chi connectivity index (χ2n) is 4.33. The van der Waals surface area contributed by atoms with Crippen molar-refractivity contribution in [3.05, 3.63) is 23.3 Å². The topological polar surface area (TPSA) is 53.7 Å². The summed E-state index contributed by atoms with van der Waals surface area (Å²) in [6.07, 6.45) is -3.76. The molecule has 0 unspecified atom stereocenters. The Hall–Kier alpha value is -1.54. The predicted octanol–water partition coefficient (Wildman–Crippen LogP) is 2.55. The molecule has 1 aliphatic rings. The maximum absolute atomic E-state index is 12.7. The van der Waals surface area contributed by atoms with Gasteiger partial charge in [-0.15, -0.1) is 0 Å². The lowest BCUT2D eigenvalue weighted by atomic mass is 10.1. The third-order valence-electron chi connectivity index (χ3n) is 2.68. The first-order valence-corrected chi connectivity index (χ1v) is 5.75. The first kappa shape index (κ1) is 14.9. The quantitative estimate of drug-likeness (QED) is 0.670. The molecule has 0 aromatic heterocycles. The van der Waals surface area contributed by atoms with E-state index in [1.165, 1.54) is 6.07 Å². The number of fused-ring (bicyclic) bond motifs is 1. The third-order valence-corrected chi connectivity index (χ3v) is 2.68. The summed E-state index contributed by atoms with van der Waals surface area (Å²) >= 11 is 0. The van der Waals surface area contributed by atoms with Gasteiger partial charge in [-0.05, 0) is 12.1 Å². The number of rotatable bonds is 5. The van der Waals surface area contributed by atoms with E-state index in [0.29, 0.717) is 22.6 Å². The summed E-state index contributed by atoms with van der Waals surface area (Å²) in [7, 11) is 0. The van der Waals surface area contributed by atoms with Crippen LogP contribution in [0.2, 0.25) is 0 Å². The van der Waals surface area contributed by atoms with E-state index in [4.69, 9.17) is 15.2 Å². The second-order valence-corrected chi connectivity index (χ2v) is 4.33. The van der Waals surface area contributed by atoms with Gasteiger partial charge in [-0.2, -0.15) is 8.78 Å². The average molecular weight is 295 g/mol. The SMILES string of the molecule is Nc1cc2c(c(COCC(F)(F)C(F)F)c1)OCOC2. The first-order chi connectivity index (χ1) is 9.40. The van der Waals surface area contributed by atoms with Crippen molar-refractivity contribution in [2.75, 3.05) is 19.1 Å². The fraction of sp³-hybridized carbons (Fsp3) is 0.500. The fourth-order valence-corrected chi connectivity index (χ4v) is 1.79. The number of alkyl halides is 4. The van der Waals surface area contributed by atoms with E-state index in [-0.39, 0.29) is 20.0 Å². The summed E-state index contributed by atoms with van der Waals surface area (Å²) in [4.78, 5) is 0. The van der Waals surface area contributed by atoms with Crippen LogP contribution in [0.5, 0.6) is 5.75 Å². The lowest BCUT2D eigenvalue weighted by Gasteiger charge is -2.22. The van der Waals surface area contributed by atoms with Gasteiger partial charge in [-0.3, -0.25) is 0 Å². The van der Waals surface area contributed by atoms with Crippen LogP contribution >= 0.6 is 0 Å². The normalized spacial score (nSPS) is 15.1. The van der Waals surface area contributed by atoms with Gasteiger partial charge in [-0.1, -0.05) is 0 Å². The van der Waals surface area contributed by atoms with Crippen molar-refractivity contribution in [1.82, 2.24) is 0 Å². The Bertz CT molecular complexity index is 482. The molecule has 1 aliphatic heterocycles. The zero-order valence-electron chi connectivity index (χ0n) is 10.4. The largest absolute Gasteiger partial charge is 0.467 e. The van der Waals surface area contributed by atoms with E-state index in [9.17, 15) is 17.6 Å². The number of hydrogen-bond acceptors (Lipinski definition) is 4. The Balaban J connectivity index is 2.05. The minimum atomic E-state index is -4.18. The molecule has 1 aromatic carbocycles. The van der Waals surface area contributed by atoms with Crippen LogP contribution in [-0.4, -0.2) is 25.7 Å². The van der Waals surface area contributed by atoms with Crippen LogP contribution in [0, 0.1) is 0 Å². The molecule has 1 heterocycles. The first-order valence-electron chi connectivity index (χ1n) is 5.75. The number of ether oxygens (including phenoxy) is 3. The molecule has 4 nitrogen and oxygen atoms in total. The van der Waals surface area contributed by atoms with E-state index in [0.717, 1.165) is 0 Å². The predicted molar refractivity (Wildman–Crippen MR) is 61.7 cm³/mol. The Morgan fingerprint density at radius 3 is 2.80 bits per heavy atom. The number of hydrogen-bond donors (Lipinski definition) is 1. The van der Waals surface area contributed by atoms with Crippen LogP contribution in [0.4, 0.5) is 23.2 Å². The van der Waals surface area contributed by atoms with Crippen molar-refractivity contribution >= 4 is 5.69 Å². The van der Waals surface area contributed by atoms with Gasteiger partial charge in [0, 0.05) is 16.8 Å². The van der Waals surface area contributed by atoms with Crippen LogP contribution in [-0.2, 0) is 22.7 Å². The minimum absolute atomic E-state index is 0.0249. The molecular weight excluding hydrogens is 282 g/mol. The molecule has 0 saturated heterocycles. The molecular formula is C12H13F4NO3. The minimum Gasteiger partial charge on any atom is -0.467 e. The number of halogens is 4. The van der Waals surface area contributed by atoms with Crippen molar-refractivity contribution in [2.24, 2.45) is 0 Å². The van der Waals surface area contributed by atoms with Gasteiger partial charge in [0.1, 0.15) is 12.4 Å². The maximum Gasteiger partial charge on any atom is 0.330 e. The van der Waals surface area contributed by atoms with Crippen LogP contribution in [0.15, 0.2) is 12.1 Å². The van der Waals surface area contributed by atoms with E-state index in [2.05, 4.69) is 4.74 Å². The highest BCUT2D eigenvalue weighted by Gasteiger charge is 2.41. The standard InChI is InChI=1S/C12H13F4NO3/c13-11(14)12(15,16)5-18-3-7-1-9(17)2-8-4-19-6-20-10(7)8/h1-2,11H,3-6,17H2. The molecule has 0 saturated carbocycles. The molecule has 1 aromatic rings. The Morgan fingerprint density at radius 1 is 1.35 bits per heavy atom. The van der Waals surface area contributed by atoms with Crippen molar-refractivity contribution in [2.45, 2.75) is 25.6 Å². The average Bonchev–Trinajstić information content (AvgIpc) is 2.38. The molecule has 0 bridgehead atoms. The molecule has 2 N–H and O–H groups in total. The van der Waals surface area contributed by atoms with Crippen molar-refractivity contribution < 1.29 is 31.8 Å². The zero-order valence-corrected chi connectivity index (χ0v) is 10.4. The molecule has 0 radical (unpaired) electrons. The Kier molecular flexibility index (Phi) is 4.34. The van der Waals surface area contributed by atoms with Gasteiger partial charge >= 0.3 is 12.3 Å². The second kappa shape index (κ2) is 5.84. The highest BCUT2D eigenvalue weighted by molar-refractivity contribution is 5.53. The highest BCUT2D eigenvalue weighted by Crippen LogP contribution is 2.32. The fourth-order valence-electron chi connectivity index (χ4n) is 1.79. The summed E-state index contributed by atoms with van der Waals surface area (Å²) < 4.78 is 64.4. The maximum atomic E-state index is 12.7. The van der Waals surface area contributed by atoms with Gasteiger partial charge in [-0.25, -0.2) is 8.78 Å². The lowest BCUT2D eigenvalue weighted by molar-refractivity contribution is -0.168. The number of anilines is 1. The van der Waals surface area contributed by atoms with E-state index in [1.807, 2.05) is 0 Å². The molecule has 0 amide bonds. The monoisotopic (exact) mass is 295 g/mol. The van der Waals surface area contributed by atoms with Crippen LogP contribution in [0.3, 0.4) is 0 Å². The number of benzene rings is 1. The summed E-state index contributed by atoms with van der Waals surface area (Å²) in [6.45, 7) is -1.36. The molecule has 112 valence electrons. The van der Waals surface area contributed by atoms with Gasteiger partial charge in [0.25, 0.3) is 0 Å². The van der Waals surface area contributed by atoms with Crippen LogP contribution < -0.4 is 10.5 Å².